The van der Waals surface area contributed by atoms with Crippen LogP contribution in [0.15, 0.2) is 23.1 Å². The highest BCUT2D eigenvalue weighted by Gasteiger charge is 2.45. The molecule has 4 heterocycles. The van der Waals surface area contributed by atoms with E-state index in [-0.39, 0.29) is 46.5 Å². The van der Waals surface area contributed by atoms with E-state index >= 15 is 0 Å². The van der Waals surface area contributed by atoms with Gasteiger partial charge in [0, 0.05) is 35.9 Å². The van der Waals surface area contributed by atoms with Crippen molar-refractivity contribution in [1.29, 1.82) is 5.26 Å². The van der Waals surface area contributed by atoms with Gasteiger partial charge in [0.2, 0.25) is 16.0 Å². The Morgan fingerprint density at radius 3 is 2.78 bits per heavy atom. The Morgan fingerprint density at radius 1 is 1.39 bits per heavy atom. The summed E-state index contributed by atoms with van der Waals surface area (Å²) in [7, 11) is -4.10. The monoisotopic (exact) mass is 517 g/mol. The molecule has 12 heteroatoms. The van der Waals surface area contributed by atoms with Gasteiger partial charge in [0.15, 0.2) is 0 Å². The number of aromatic nitrogens is 2. The highest BCUT2D eigenvalue weighted by molar-refractivity contribution is 7.89. The van der Waals surface area contributed by atoms with Crippen molar-refractivity contribution in [1.82, 2.24) is 13.9 Å². The van der Waals surface area contributed by atoms with Gasteiger partial charge in [-0.1, -0.05) is 6.08 Å². The number of nitrogens with one attached hydrogen (secondary N) is 1. The molecule has 2 aliphatic rings. The molecule has 1 fully saturated rings. The van der Waals surface area contributed by atoms with Gasteiger partial charge in [-0.2, -0.15) is 14.0 Å². The number of carbonyl (C=O) groups excluding carboxylic acids is 1. The van der Waals surface area contributed by atoms with Crippen LogP contribution < -0.4 is 5.32 Å². The number of pyridine rings is 1. The molecule has 0 aliphatic carbocycles. The number of rotatable bonds is 7. The molecule has 0 radical (unpaired) electrons. The molecule has 0 aromatic carbocycles. The highest BCUT2D eigenvalue weighted by atomic mass is 32.2. The molecule has 0 bridgehead atoms. The summed E-state index contributed by atoms with van der Waals surface area (Å²) in [6.45, 7) is 4.59. The number of hydrogen-bond acceptors (Lipinski definition) is 7. The molecule has 2 aromatic heterocycles. The van der Waals surface area contributed by atoms with Crippen molar-refractivity contribution in [3.05, 3.63) is 46.8 Å². The summed E-state index contributed by atoms with van der Waals surface area (Å²) in [6, 6.07) is 3.07. The third-order valence-corrected chi connectivity index (χ3v) is 8.94. The van der Waals surface area contributed by atoms with Crippen molar-refractivity contribution >= 4 is 27.7 Å². The van der Waals surface area contributed by atoms with E-state index < -0.39 is 40.1 Å². The van der Waals surface area contributed by atoms with E-state index in [1.165, 1.54) is 17.3 Å². The maximum absolute atomic E-state index is 14.0. The third kappa shape index (κ3) is 4.55. The van der Waals surface area contributed by atoms with Gasteiger partial charge in [-0.3, -0.25) is 4.79 Å². The molecule has 192 valence electrons. The van der Waals surface area contributed by atoms with Crippen molar-refractivity contribution in [3.8, 4) is 6.07 Å². The molecule has 1 amide bonds. The number of nitriles is 1. The number of aliphatic hydroxyl groups excluding tert-OH is 1. The Balaban J connectivity index is 1.75. The van der Waals surface area contributed by atoms with Gasteiger partial charge < -0.3 is 20.1 Å². The predicted molar refractivity (Wildman–Crippen MR) is 129 cm³/mol. The first kappa shape index (κ1) is 26.0. The first-order chi connectivity index (χ1) is 16.9. The van der Waals surface area contributed by atoms with E-state index in [1.54, 1.807) is 36.6 Å². The molecule has 3 atom stereocenters. The Kier molecular flexibility index (Phi) is 6.78. The lowest BCUT2D eigenvalue weighted by Crippen LogP contribution is -2.45. The largest absolute Gasteiger partial charge is 0.393 e. The summed E-state index contributed by atoms with van der Waals surface area (Å²) >= 11 is 0. The van der Waals surface area contributed by atoms with Crippen LogP contribution in [0, 0.1) is 24.2 Å². The fraction of sp³-hybridized carbons (Fsp3) is 0.458. The van der Waals surface area contributed by atoms with Crippen molar-refractivity contribution in [2.24, 2.45) is 0 Å². The number of hydrogen-bond donors (Lipinski definition) is 3. The van der Waals surface area contributed by atoms with E-state index in [0.717, 1.165) is 6.07 Å². The molecule has 2 aromatic rings. The Labute approximate surface area is 208 Å². The lowest BCUT2D eigenvalue weighted by atomic mass is 9.97. The fourth-order valence-electron chi connectivity index (χ4n) is 5.16. The molecular weight excluding hydrogens is 489 g/mol. The minimum Gasteiger partial charge on any atom is -0.393 e. The molecular formula is C24H28FN5O5S. The smallest absolute Gasteiger partial charge is 0.272 e. The summed E-state index contributed by atoms with van der Waals surface area (Å²) in [6.07, 6.45) is 4.59. The highest BCUT2D eigenvalue weighted by Crippen LogP contribution is 2.40. The molecule has 2 aliphatic heterocycles. The van der Waals surface area contributed by atoms with E-state index in [2.05, 4.69) is 10.3 Å². The zero-order valence-electron chi connectivity index (χ0n) is 20.2. The second-order valence-electron chi connectivity index (χ2n) is 9.60. The summed E-state index contributed by atoms with van der Waals surface area (Å²) in [5.41, 5.74) is -0.909. The number of allylic oxidation sites excluding steroid dienone is 1. The number of amides is 1. The number of nitrogens with zero attached hydrogens (tertiary/aromatic N) is 4. The second kappa shape index (κ2) is 9.40. The van der Waals surface area contributed by atoms with Gasteiger partial charge in [-0.15, -0.1) is 0 Å². The third-order valence-electron chi connectivity index (χ3n) is 6.70. The number of anilines is 1. The van der Waals surface area contributed by atoms with Gasteiger partial charge in [0.25, 0.3) is 5.91 Å². The van der Waals surface area contributed by atoms with Gasteiger partial charge >= 0.3 is 0 Å². The maximum atomic E-state index is 14.0. The maximum Gasteiger partial charge on any atom is 0.272 e. The number of sulfonamides is 1. The van der Waals surface area contributed by atoms with E-state index in [0.29, 0.717) is 18.5 Å². The van der Waals surface area contributed by atoms with Crippen molar-refractivity contribution in [2.75, 3.05) is 11.9 Å². The summed E-state index contributed by atoms with van der Waals surface area (Å²) in [5, 5.41) is 31.5. The summed E-state index contributed by atoms with van der Waals surface area (Å²) in [5.74, 6) is -1.58. The summed E-state index contributed by atoms with van der Waals surface area (Å²) in [4.78, 5) is 16.7. The van der Waals surface area contributed by atoms with E-state index in [1.807, 2.05) is 0 Å². The molecule has 3 N–H and O–H groups in total. The number of aliphatic hydroxyl groups is 2. The number of carbonyl (C=O) groups is 1. The lowest BCUT2D eigenvalue weighted by Gasteiger charge is -2.32. The van der Waals surface area contributed by atoms with Crippen LogP contribution in [0.3, 0.4) is 0 Å². The normalized spacial score (nSPS) is 21.2. The van der Waals surface area contributed by atoms with Crippen LogP contribution in [0.1, 0.15) is 60.5 Å². The van der Waals surface area contributed by atoms with E-state index in [4.69, 9.17) is 5.26 Å². The standard InChI is InChI=1S/C24H28FN5O5S/c1-14-6-7-18(11-24(3,33)13-31)30(14)36(34,35)22-15(2)21(29-8-4-5-19(22)29)23(32)28-16-9-17(12-26)27-20(25)10-16/h4-5,9-10,14,18,31,33H,6-8,11,13H2,1-3H3,(H,27,28,32). The average molecular weight is 518 g/mol. The quantitative estimate of drug-likeness (QED) is 0.477. The molecule has 1 saturated heterocycles. The van der Waals surface area contributed by atoms with Gasteiger partial charge in [0.05, 0.1) is 17.9 Å². The lowest BCUT2D eigenvalue weighted by molar-refractivity contribution is -0.0169. The van der Waals surface area contributed by atoms with Gasteiger partial charge in [0.1, 0.15) is 22.4 Å². The zero-order chi connectivity index (χ0) is 26.4. The van der Waals surface area contributed by atoms with Crippen LogP contribution >= 0.6 is 0 Å². The first-order valence-electron chi connectivity index (χ1n) is 11.5. The van der Waals surface area contributed by atoms with Crippen LogP contribution in [-0.2, 0) is 16.6 Å². The molecule has 36 heavy (non-hydrogen) atoms. The average Bonchev–Trinajstić information content (AvgIpc) is 3.46. The van der Waals surface area contributed by atoms with Crippen molar-refractivity contribution in [3.63, 3.8) is 0 Å². The summed E-state index contributed by atoms with van der Waals surface area (Å²) < 4.78 is 44.8. The molecule has 0 saturated carbocycles. The van der Waals surface area contributed by atoms with Crippen molar-refractivity contribution in [2.45, 2.75) is 69.2 Å². The van der Waals surface area contributed by atoms with E-state index in [9.17, 15) is 27.8 Å². The Hall–Kier alpha value is -3.11. The Morgan fingerprint density at radius 2 is 2.11 bits per heavy atom. The van der Waals surface area contributed by atoms with Crippen LogP contribution in [-0.4, -0.2) is 62.7 Å². The number of halogens is 1. The van der Waals surface area contributed by atoms with Crippen LogP contribution in [0.4, 0.5) is 10.1 Å². The van der Waals surface area contributed by atoms with Crippen LogP contribution in [0.2, 0.25) is 0 Å². The minimum atomic E-state index is -4.10. The van der Waals surface area contributed by atoms with Crippen molar-refractivity contribution < 1.29 is 27.8 Å². The topological polar surface area (TPSA) is 149 Å². The zero-order valence-corrected chi connectivity index (χ0v) is 21.0. The first-order valence-corrected chi connectivity index (χ1v) is 13.0. The fourth-order valence-corrected chi connectivity index (χ4v) is 7.44. The SMILES string of the molecule is Cc1c(S(=O)(=O)N2C(C)CCC2CC(C)(O)CO)c2n(c1C(=O)Nc1cc(F)nc(C#N)c1)CC=C2. The predicted octanol–water partition coefficient (Wildman–Crippen LogP) is 2.16. The van der Waals surface area contributed by atoms with Crippen LogP contribution in [0.25, 0.3) is 6.08 Å². The molecule has 0 spiro atoms. The molecule has 4 rings (SSSR count). The van der Waals surface area contributed by atoms with Gasteiger partial charge in [-0.05, 0) is 52.2 Å². The van der Waals surface area contributed by atoms with Gasteiger partial charge in [-0.25, -0.2) is 13.4 Å². The number of fused-ring (bicyclic) bond motifs is 1. The minimum absolute atomic E-state index is 0.00224. The molecule has 3 unspecified atom stereocenters. The molecule has 10 nitrogen and oxygen atoms in total. The van der Waals surface area contributed by atoms with Crippen LogP contribution in [0.5, 0.6) is 0 Å². The second-order valence-corrected chi connectivity index (χ2v) is 11.4. The Bertz CT molecular complexity index is 1390.